The number of carbonyl (C=O) groups is 1. The summed E-state index contributed by atoms with van der Waals surface area (Å²) in [4.78, 5) is 35.9. The van der Waals surface area contributed by atoms with E-state index in [1.54, 1.807) is 40.3 Å². The lowest BCUT2D eigenvalue weighted by atomic mass is 10.2. The van der Waals surface area contributed by atoms with Crippen LogP contribution in [0.15, 0.2) is 63.8 Å². The number of rotatable bonds is 7. The highest BCUT2D eigenvalue weighted by Crippen LogP contribution is 2.34. The van der Waals surface area contributed by atoms with E-state index < -0.39 is 0 Å². The minimum absolute atomic E-state index is 0.0729. The molecule has 0 bridgehead atoms. The van der Waals surface area contributed by atoms with Gasteiger partial charge in [-0.15, -0.1) is 29.3 Å². The van der Waals surface area contributed by atoms with Gasteiger partial charge in [0, 0.05) is 28.6 Å². The van der Waals surface area contributed by atoms with E-state index >= 15 is 0 Å². The number of carbonyl (C=O) groups excluding carboxylic acids is 1. The number of nitrogens with zero attached hydrogens (tertiary/aromatic N) is 3. The zero-order chi connectivity index (χ0) is 21.1. The van der Waals surface area contributed by atoms with E-state index in [4.69, 9.17) is 11.6 Å². The molecule has 4 rings (SSSR count). The van der Waals surface area contributed by atoms with Gasteiger partial charge in [0.1, 0.15) is 4.83 Å². The molecule has 0 fully saturated rings. The highest BCUT2D eigenvalue weighted by atomic mass is 35.5. The Hall–Kier alpha value is -2.46. The van der Waals surface area contributed by atoms with Gasteiger partial charge in [0.05, 0.1) is 16.8 Å². The summed E-state index contributed by atoms with van der Waals surface area (Å²) in [5, 5.41) is 7.94. The number of allylic oxidation sites excluding steroid dienone is 1. The van der Waals surface area contributed by atoms with Crippen molar-refractivity contribution in [2.24, 2.45) is 0 Å². The summed E-state index contributed by atoms with van der Waals surface area (Å²) in [5.41, 5.74) is 1.19. The van der Waals surface area contributed by atoms with Crippen LogP contribution < -0.4 is 10.9 Å². The van der Waals surface area contributed by atoms with Crippen molar-refractivity contribution in [1.29, 1.82) is 0 Å². The first-order valence-corrected chi connectivity index (χ1v) is 11.9. The standard InChI is InChI=1S/C20H15ClN4O2S3/c1-2-8-25-19(27)16-12(14-6-4-9-28-14)10-29-18(16)24-20(25)30-11-15(26)23-13-5-3-7-22-17(13)21/h2-7,9-10H,1,8,11H2,(H,23,26). The van der Waals surface area contributed by atoms with Crippen LogP contribution in [0, 0.1) is 0 Å². The van der Waals surface area contributed by atoms with Gasteiger partial charge in [-0.2, -0.15) is 0 Å². The number of halogens is 1. The van der Waals surface area contributed by atoms with E-state index in [9.17, 15) is 9.59 Å². The van der Waals surface area contributed by atoms with Crippen molar-refractivity contribution in [2.45, 2.75) is 11.7 Å². The number of pyridine rings is 1. The molecule has 4 aromatic heterocycles. The van der Waals surface area contributed by atoms with Crippen LogP contribution in [-0.2, 0) is 11.3 Å². The highest BCUT2D eigenvalue weighted by molar-refractivity contribution is 7.99. The van der Waals surface area contributed by atoms with E-state index in [-0.39, 0.29) is 22.4 Å². The average Bonchev–Trinajstić information content (AvgIpc) is 3.40. The smallest absolute Gasteiger partial charge is 0.263 e. The Balaban J connectivity index is 1.63. The van der Waals surface area contributed by atoms with Gasteiger partial charge in [-0.3, -0.25) is 14.2 Å². The molecule has 0 saturated carbocycles. The number of nitrogens with one attached hydrogen (secondary N) is 1. The van der Waals surface area contributed by atoms with E-state index in [1.807, 2.05) is 22.9 Å². The van der Waals surface area contributed by atoms with Gasteiger partial charge in [0.25, 0.3) is 5.56 Å². The Morgan fingerprint density at radius 2 is 2.20 bits per heavy atom. The normalized spacial score (nSPS) is 11.0. The second-order valence-corrected chi connectivity index (χ2v) is 9.19. The third kappa shape index (κ3) is 4.20. The number of aromatic nitrogens is 3. The van der Waals surface area contributed by atoms with Crippen molar-refractivity contribution < 1.29 is 4.79 Å². The van der Waals surface area contributed by atoms with Crippen molar-refractivity contribution in [2.75, 3.05) is 11.1 Å². The molecule has 0 atom stereocenters. The summed E-state index contributed by atoms with van der Waals surface area (Å²) < 4.78 is 1.55. The molecular formula is C20H15ClN4O2S3. The number of anilines is 1. The fourth-order valence-corrected chi connectivity index (χ4v) is 5.59. The first kappa shape index (κ1) is 20.8. The average molecular weight is 475 g/mol. The molecule has 30 heavy (non-hydrogen) atoms. The predicted octanol–water partition coefficient (Wildman–Crippen LogP) is 5.15. The molecule has 0 aliphatic rings. The monoisotopic (exact) mass is 474 g/mol. The van der Waals surface area contributed by atoms with Crippen LogP contribution >= 0.6 is 46.0 Å². The second kappa shape index (κ2) is 9.13. The summed E-state index contributed by atoms with van der Waals surface area (Å²) in [7, 11) is 0. The first-order valence-electron chi connectivity index (χ1n) is 8.78. The maximum atomic E-state index is 13.2. The fourth-order valence-electron chi connectivity index (χ4n) is 2.81. The number of thiophene rings is 2. The van der Waals surface area contributed by atoms with Crippen LogP contribution in [0.25, 0.3) is 20.7 Å². The largest absolute Gasteiger partial charge is 0.323 e. The zero-order valence-electron chi connectivity index (χ0n) is 15.5. The fraction of sp³-hybridized carbons (Fsp3) is 0.100. The lowest BCUT2D eigenvalue weighted by Crippen LogP contribution is -2.23. The van der Waals surface area contributed by atoms with E-state index in [2.05, 4.69) is 21.9 Å². The summed E-state index contributed by atoms with van der Waals surface area (Å²) in [5.74, 6) is -0.191. The zero-order valence-corrected chi connectivity index (χ0v) is 18.7. The van der Waals surface area contributed by atoms with E-state index in [0.29, 0.717) is 27.6 Å². The van der Waals surface area contributed by atoms with Gasteiger partial charge < -0.3 is 5.32 Å². The Morgan fingerprint density at radius 3 is 2.93 bits per heavy atom. The summed E-state index contributed by atoms with van der Waals surface area (Å²) in [6.07, 6.45) is 3.19. The van der Waals surface area contributed by atoms with Crippen molar-refractivity contribution in [3.8, 4) is 10.4 Å². The molecule has 0 saturated heterocycles. The molecule has 152 valence electrons. The summed E-state index contributed by atoms with van der Waals surface area (Å²) in [6.45, 7) is 4.05. The SMILES string of the molecule is C=CCn1c(SCC(=O)Nc2cccnc2Cl)nc2scc(-c3cccs3)c2c1=O. The summed E-state index contributed by atoms with van der Waals surface area (Å²) >= 11 is 10.2. The highest BCUT2D eigenvalue weighted by Gasteiger charge is 2.18. The Kier molecular flexibility index (Phi) is 6.33. The van der Waals surface area contributed by atoms with Gasteiger partial charge in [-0.1, -0.05) is 35.5 Å². The second-order valence-electron chi connectivity index (χ2n) is 6.08. The third-order valence-corrected chi connectivity index (χ3v) is 7.18. The van der Waals surface area contributed by atoms with Crippen molar-refractivity contribution in [3.05, 3.63) is 69.4 Å². The molecule has 1 amide bonds. The lowest BCUT2D eigenvalue weighted by molar-refractivity contribution is -0.113. The quantitative estimate of drug-likeness (QED) is 0.173. The van der Waals surface area contributed by atoms with Gasteiger partial charge in [0.2, 0.25) is 5.91 Å². The number of thioether (sulfide) groups is 1. The molecule has 10 heteroatoms. The number of hydrogen-bond donors (Lipinski definition) is 1. The minimum atomic E-state index is -0.264. The molecule has 1 N–H and O–H groups in total. The van der Waals surface area contributed by atoms with Crippen LogP contribution in [0.2, 0.25) is 5.15 Å². The van der Waals surface area contributed by atoms with Crippen molar-refractivity contribution >= 4 is 67.8 Å². The Labute approximate surface area is 189 Å². The predicted molar refractivity (Wildman–Crippen MR) is 126 cm³/mol. The molecule has 0 aromatic carbocycles. The molecule has 6 nitrogen and oxygen atoms in total. The topological polar surface area (TPSA) is 76.9 Å². The van der Waals surface area contributed by atoms with Gasteiger partial charge in [-0.05, 0) is 23.6 Å². The van der Waals surface area contributed by atoms with Crippen LogP contribution in [0.4, 0.5) is 5.69 Å². The van der Waals surface area contributed by atoms with Crippen molar-refractivity contribution in [3.63, 3.8) is 0 Å². The van der Waals surface area contributed by atoms with Gasteiger partial charge >= 0.3 is 0 Å². The molecule has 4 aromatic rings. The van der Waals surface area contributed by atoms with Crippen LogP contribution in [-0.4, -0.2) is 26.2 Å². The first-order chi connectivity index (χ1) is 14.6. The Morgan fingerprint density at radius 1 is 1.33 bits per heavy atom. The molecule has 4 heterocycles. The molecular weight excluding hydrogens is 460 g/mol. The summed E-state index contributed by atoms with van der Waals surface area (Å²) in [6, 6.07) is 7.30. The molecule has 0 radical (unpaired) electrons. The molecule has 0 spiro atoms. The van der Waals surface area contributed by atoms with Crippen LogP contribution in [0.1, 0.15) is 0 Å². The maximum absolute atomic E-state index is 13.2. The minimum Gasteiger partial charge on any atom is -0.323 e. The Bertz CT molecular complexity index is 1280. The molecule has 0 aliphatic heterocycles. The molecule has 0 unspecified atom stereocenters. The van der Waals surface area contributed by atoms with Gasteiger partial charge in [0.15, 0.2) is 10.3 Å². The van der Waals surface area contributed by atoms with Crippen LogP contribution in [0.3, 0.4) is 0 Å². The molecule has 0 aliphatic carbocycles. The van der Waals surface area contributed by atoms with E-state index in [1.165, 1.54) is 23.1 Å². The van der Waals surface area contributed by atoms with Crippen molar-refractivity contribution in [1.82, 2.24) is 14.5 Å². The number of hydrogen-bond acceptors (Lipinski definition) is 7. The van der Waals surface area contributed by atoms with E-state index in [0.717, 1.165) is 10.4 Å². The number of amides is 1. The maximum Gasteiger partial charge on any atom is 0.263 e. The number of fused-ring (bicyclic) bond motifs is 1. The van der Waals surface area contributed by atoms with Crippen LogP contribution in [0.5, 0.6) is 0 Å². The lowest BCUT2D eigenvalue weighted by Gasteiger charge is -2.11. The van der Waals surface area contributed by atoms with Gasteiger partial charge in [-0.25, -0.2) is 9.97 Å². The third-order valence-electron chi connectivity index (χ3n) is 4.12.